The van der Waals surface area contributed by atoms with Gasteiger partial charge in [-0.3, -0.25) is 4.79 Å². The first kappa shape index (κ1) is 19.3. The van der Waals surface area contributed by atoms with Crippen LogP contribution in [0.3, 0.4) is 0 Å². The molecule has 4 rings (SSSR count). The molecule has 2 aromatic heterocycles. The number of fused-ring (bicyclic) bond motifs is 1. The van der Waals surface area contributed by atoms with E-state index in [0.29, 0.717) is 17.5 Å². The highest BCUT2D eigenvalue weighted by atomic mass is 32.1. The van der Waals surface area contributed by atoms with Crippen LogP contribution in [0.1, 0.15) is 32.9 Å². The largest absolute Gasteiger partial charge is 0.508 e. The molecule has 0 saturated heterocycles. The minimum Gasteiger partial charge on any atom is -0.508 e. The van der Waals surface area contributed by atoms with Crippen molar-refractivity contribution in [1.29, 1.82) is 0 Å². The van der Waals surface area contributed by atoms with Gasteiger partial charge in [0.15, 0.2) is 5.78 Å². The van der Waals surface area contributed by atoms with E-state index >= 15 is 0 Å². The Balaban J connectivity index is 1.70. The minimum absolute atomic E-state index is 0.0506. The zero-order valence-electron chi connectivity index (χ0n) is 15.8. The lowest BCUT2D eigenvalue weighted by Gasteiger charge is -2.07. The molecule has 0 aliphatic carbocycles. The number of halogens is 2. The van der Waals surface area contributed by atoms with Gasteiger partial charge in [0.05, 0.1) is 6.54 Å². The fourth-order valence-corrected chi connectivity index (χ4v) is 4.39. The van der Waals surface area contributed by atoms with Crippen LogP contribution in [0.25, 0.3) is 10.9 Å². The van der Waals surface area contributed by atoms with Crippen LogP contribution in [0.15, 0.2) is 53.9 Å². The van der Waals surface area contributed by atoms with Gasteiger partial charge in [-0.1, -0.05) is 6.07 Å². The topological polar surface area (TPSA) is 42.2 Å². The van der Waals surface area contributed by atoms with Gasteiger partial charge in [-0.05, 0) is 66.8 Å². The second kappa shape index (κ2) is 7.79. The monoisotopic (exact) mass is 411 g/mol. The molecule has 1 N–H and O–H groups in total. The maximum atomic E-state index is 13.9. The number of benzene rings is 2. The van der Waals surface area contributed by atoms with E-state index in [1.807, 2.05) is 24.4 Å². The summed E-state index contributed by atoms with van der Waals surface area (Å²) in [6, 6.07) is 12.3. The molecule has 0 saturated carbocycles. The SMILES string of the molecule is Cc1c(C(=O)CCc2cc(F)ccc2F)c2cc(O)ccc2n1Cc1cccs1. The number of nitrogens with zero attached hydrogens (tertiary/aromatic N) is 1. The quantitative estimate of drug-likeness (QED) is 0.404. The van der Waals surface area contributed by atoms with Crippen LogP contribution in [-0.4, -0.2) is 15.5 Å². The lowest BCUT2D eigenvalue weighted by atomic mass is 10.00. The highest BCUT2D eigenvalue weighted by Gasteiger charge is 2.21. The van der Waals surface area contributed by atoms with E-state index in [4.69, 9.17) is 0 Å². The summed E-state index contributed by atoms with van der Waals surface area (Å²) < 4.78 is 29.4. The number of carbonyl (C=O) groups is 1. The van der Waals surface area contributed by atoms with Gasteiger partial charge in [0, 0.05) is 33.5 Å². The Morgan fingerprint density at radius 1 is 1.14 bits per heavy atom. The molecule has 0 amide bonds. The van der Waals surface area contributed by atoms with Gasteiger partial charge in [-0.25, -0.2) is 8.78 Å². The Morgan fingerprint density at radius 2 is 1.97 bits per heavy atom. The first-order valence-corrected chi connectivity index (χ1v) is 10.1. The molecule has 29 heavy (non-hydrogen) atoms. The molecule has 0 bridgehead atoms. The fraction of sp³-hybridized carbons (Fsp3) is 0.174. The Hall–Kier alpha value is -2.99. The van der Waals surface area contributed by atoms with Crippen molar-refractivity contribution < 1.29 is 18.7 Å². The third-order valence-corrected chi connectivity index (χ3v) is 5.97. The van der Waals surface area contributed by atoms with Gasteiger partial charge in [0.2, 0.25) is 0 Å². The third-order valence-electron chi connectivity index (χ3n) is 5.11. The Labute approximate surface area is 170 Å². The molecule has 2 aromatic carbocycles. The molecule has 0 radical (unpaired) electrons. The number of Topliss-reactive ketones (excluding diaryl/α,β-unsaturated/α-hetero) is 1. The Morgan fingerprint density at radius 3 is 2.72 bits per heavy atom. The van der Waals surface area contributed by atoms with Crippen molar-refractivity contribution in [1.82, 2.24) is 4.57 Å². The standard InChI is InChI=1S/C23H19F2NO2S/c1-14-23(22(28)9-4-15-11-16(24)5-7-20(15)25)19-12-17(27)6-8-21(19)26(14)13-18-3-2-10-29-18/h2-3,5-8,10-12,27H,4,9,13H2,1H3. The number of hydrogen-bond donors (Lipinski definition) is 1. The molecular formula is C23H19F2NO2S. The van der Waals surface area contributed by atoms with Crippen LogP contribution >= 0.6 is 11.3 Å². The second-order valence-electron chi connectivity index (χ2n) is 6.99. The lowest BCUT2D eigenvalue weighted by molar-refractivity contribution is 0.0983. The van der Waals surface area contributed by atoms with Crippen molar-refractivity contribution in [3.8, 4) is 5.75 Å². The van der Waals surface area contributed by atoms with Gasteiger partial charge >= 0.3 is 0 Å². The molecule has 0 atom stereocenters. The predicted molar refractivity (Wildman–Crippen MR) is 111 cm³/mol. The molecule has 3 nitrogen and oxygen atoms in total. The normalized spacial score (nSPS) is 11.3. The summed E-state index contributed by atoms with van der Waals surface area (Å²) in [5, 5.41) is 12.6. The average molecular weight is 411 g/mol. The van der Waals surface area contributed by atoms with Gasteiger partial charge in [-0.15, -0.1) is 11.3 Å². The minimum atomic E-state index is -0.525. The Bertz CT molecular complexity index is 1200. The van der Waals surface area contributed by atoms with Crippen molar-refractivity contribution in [2.45, 2.75) is 26.3 Å². The summed E-state index contributed by atoms with van der Waals surface area (Å²) in [4.78, 5) is 14.2. The van der Waals surface area contributed by atoms with Crippen molar-refractivity contribution in [3.05, 3.63) is 87.2 Å². The van der Waals surface area contributed by atoms with E-state index in [1.165, 1.54) is 0 Å². The summed E-state index contributed by atoms with van der Waals surface area (Å²) in [6.07, 6.45) is 0.160. The zero-order valence-corrected chi connectivity index (χ0v) is 16.6. The van der Waals surface area contributed by atoms with E-state index < -0.39 is 11.6 Å². The number of rotatable bonds is 6. The number of phenols is 1. The smallest absolute Gasteiger partial charge is 0.165 e. The molecule has 0 unspecified atom stereocenters. The summed E-state index contributed by atoms with van der Waals surface area (Å²) in [7, 11) is 0. The van der Waals surface area contributed by atoms with Gasteiger partial charge in [-0.2, -0.15) is 0 Å². The molecule has 148 valence electrons. The lowest BCUT2D eigenvalue weighted by Crippen LogP contribution is -2.06. The molecule has 0 aliphatic heterocycles. The molecular weight excluding hydrogens is 392 g/mol. The van der Waals surface area contributed by atoms with Gasteiger partial charge < -0.3 is 9.67 Å². The summed E-state index contributed by atoms with van der Waals surface area (Å²) >= 11 is 1.63. The summed E-state index contributed by atoms with van der Waals surface area (Å²) in [5.74, 6) is -1.13. The molecule has 4 aromatic rings. The van der Waals surface area contributed by atoms with Gasteiger partial charge in [0.1, 0.15) is 17.4 Å². The number of phenolic OH excluding ortho intramolecular Hbond substituents is 1. The van der Waals surface area contributed by atoms with E-state index in [1.54, 1.807) is 29.5 Å². The number of thiophene rings is 1. The maximum Gasteiger partial charge on any atom is 0.165 e. The molecule has 6 heteroatoms. The number of carbonyl (C=O) groups excluding carboxylic acids is 1. The van der Waals surface area contributed by atoms with Crippen LogP contribution in [-0.2, 0) is 13.0 Å². The number of aryl methyl sites for hydroxylation is 1. The first-order valence-electron chi connectivity index (χ1n) is 9.25. The second-order valence-corrected chi connectivity index (χ2v) is 8.02. The number of aromatic hydroxyl groups is 1. The fourth-order valence-electron chi connectivity index (χ4n) is 3.69. The summed E-state index contributed by atoms with van der Waals surface area (Å²) in [5.41, 5.74) is 2.35. The van der Waals surface area contributed by atoms with Crippen LogP contribution in [0.4, 0.5) is 8.78 Å². The third kappa shape index (κ3) is 3.80. The van der Waals surface area contributed by atoms with Gasteiger partial charge in [0.25, 0.3) is 0 Å². The van der Waals surface area contributed by atoms with Crippen LogP contribution < -0.4 is 0 Å². The molecule has 2 heterocycles. The number of aromatic nitrogens is 1. The van der Waals surface area contributed by atoms with E-state index in [-0.39, 0.29) is 29.9 Å². The van der Waals surface area contributed by atoms with Crippen molar-refractivity contribution >= 4 is 28.0 Å². The van der Waals surface area contributed by atoms with Crippen LogP contribution in [0.5, 0.6) is 5.75 Å². The van der Waals surface area contributed by atoms with Crippen LogP contribution in [0, 0.1) is 18.6 Å². The Kier molecular flexibility index (Phi) is 5.20. The molecule has 0 aliphatic rings. The molecule has 0 fully saturated rings. The highest BCUT2D eigenvalue weighted by Crippen LogP contribution is 2.31. The van der Waals surface area contributed by atoms with E-state index in [2.05, 4.69) is 4.57 Å². The zero-order chi connectivity index (χ0) is 20.5. The maximum absolute atomic E-state index is 13.9. The predicted octanol–water partition coefficient (Wildman–Crippen LogP) is 5.86. The van der Waals surface area contributed by atoms with Crippen molar-refractivity contribution in [2.24, 2.45) is 0 Å². The average Bonchev–Trinajstić information content (AvgIpc) is 3.29. The van der Waals surface area contributed by atoms with Crippen molar-refractivity contribution in [3.63, 3.8) is 0 Å². The summed E-state index contributed by atoms with van der Waals surface area (Å²) in [6.45, 7) is 2.50. The first-order chi connectivity index (χ1) is 13.9. The number of ketones is 1. The van der Waals surface area contributed by atoms with Crippen LogP contribution in [0.2, 0.25) is 0 Å². The molecule has 0 spiro atoms. The highest BCUT2D eigenvalue weighted by molar-refractivity contribution is 7.09. The van der Waals surface area contributed by atoms with Crippen molar-refractivity contribution in [2.75, 3.05) is 0 Å². The van der Waals surface area contributed by atoms with E-state index in [0.717, 1.165) is 34.3 Å². The van der Waals surface area contributed by atoms with E-state index in [9.17, 15) is 18.7 Å². The number of hydrogen-bond acceptors (Lipinski definition) is 3.